The van der Waals surface area contributed by atoms with Gasteiger partial charge in [-0.3, -0.25) is 4.79 Å². The zero-order valence-electron chi connectivity index (χ0n) is 9.33. The van der Waals surface area contributed by atoms with Crippen molar-refractivity contribution >= 4 is 6.41 Å². The van der Waals surface area contributed by atoms with Crippen LogP contribution in [0.2, 0.25) is 0 Å². The number of benzene rings is 1. The van der Waals surface area contributed by atoms with Crippen molar-refractivity contribution in [2.24, 2.45) is 0 Å². The van der Waals surface area contributed by atoms with Gasteiger partial charge in [0.05, 0.1) is 0 Å². The van der Waals surface area contributed by atoms with Crippen LogP contribution in [0.25, 0.3) is 0 Å². The molecule has 1 aromatic carbocycles. The van der Waals surface area contributed by atoms with Crippen molar-refractivity contribution in [3.8, 4) is 0 Å². The Morgan fingerprint density at radius 1 is 1.13 bits per heavy atom. The lowest BCUT2D eigenvalue weighted by molar-refractivity contribution is -0.109. The van der Waals surface area contributed by atoms with Gasteiger partial charge in [0.1, 0.15) is 0 Å². The average Bonchev–Trinajstić information content (AvgIpc) is 2.28. The van der Waals surface area contributed by atoms with E-state index in [1.165, 1.54) is 24.8 Å². The van der Waals surface area contributed by atoms with Gasteiger partial charge in [-0.1, -0.05) is 44.0 Å². The number of amides is 1. The van der Waals surface area contributed by atoms with Gasteiger partial charge in [-0.15, -0.1) is 0 Å². The van der Waals surface area contributed by atoms with E-state index < -0.39 is 0 Å². The molecule has 0 aliphatic carbocycles. The first-order valence-electron chi connectivity index (χ1n) is 5.61. The fourth-order valence-electron chi connectivity index (χ4n) is 1.56. The van der Waals surface area contributed by atoms with Crippen molar-refractivity contribution in [1.29, 1.82) is 0 Å². The minimum Gasteiger partial charge on any atom is -0.355 e. The molecule has 0 heterocycles. The molecule has 0 atom stereocenters. The van der Waals surface area contributed by atoms with Crippen molar-refractivity contribution in [1.82, 2.24) is 5.32 Å². The van der Waals surface area contributed by atoms with E-state index in [1.807, 2.05) is 0 Å². The summed E-state index contributed by atoms with van der Waals surface area (Å²) in [5, 5.41) is 2.66. The maximum atomic E-state index is 10.1. The number of unbranched alkanes of at least 4 members (excludes halogenated alkanes) is 2. The molecule has 2 heteroatoms. The Morgan fingerprint density at radius 2 is 1.80 bits per heavy atom. The fraction of sp³-hybridized carbons (Fsp3) is 0.462. The Bertz CT molecular complexity index is 279. The molecule has 0 radical (unpaired) electrons. The third kappa shape index (κ3) is 4.63. The van der Waals surface area contributed by atoms with Crippen molar-refractivity contribution < 1.29 is 4.79 Å². The number of aryl methyl sites for hydroxylation is 1. The van der Waals surface area contributed by atoms with E-state index in [2.05, 4.69) is 36.5 Å². The van der Waals surface area contributed by atoms with Gasteiger partial charge in [0, 0.05) is 6.54 Å². The van der Waals surface area contributed by atoms with E-state index in [9.17, 15) is 4.79 Å². The zero-order valence-corrected chi connectivity index (χ0v) is 9.33. The summed E-state index contributed by atoms with van der Waals surface area (Å²) in [5.41, 5.74) is 2.54. The van der Waals surface area contributed by atoms with Crippen molar-refractivity contribution in [2.45, 2.75) is 39.2 Å². The fourth-order valence-corrected chi connectivity index (χ4v) is 1.56. The number of carbonyl (C=O) groups is 1. The second-order valence-electron chi connectivity index (χ2n) is 3.77. The lowest BCUT2D eigenvalue weighted by Gasteiger charge is -2.03. The molecule has 0 aliphatic heterocycles. The molecule has 0 bridgehead atoms. The maximum absolute atomic E-state index is 10.1. The normalized spacial score (nSPS) is 9.93. The van der Waals surface area contributed by atoms with Crippen LogP contribution in [0.3, 0.4) is 0 Å². The standard InChI is InChI=1S/C13H19NO/c1-2-3-4-5-12-6-8-13(9-7-12)10-14-11-15/h6-9,11H,2-5,10H2,1H3,(H,14,15). The van der Waals surface area contributed by atoms with E-state index in [4.69, 9.17) is 0 Å². The molecule has 0 aromatic heterocycles. The second-order valence-corrected chi connectivity index (χ2v) is 3.77. The Hall–Kier alpha value is -1.31. The number of carbonyl (C=O) groups excluding carboxylic acids is 1. The van der Waals surface area contributed by atoms with Crippen LogP contribution >= 0.6 is 0 Å². The summed E-state index contributed by atoms with van der Waals surface area (Å²) >= 11 is 0. The van der Waals surface area contributed by atoms with Crippen LogP contribution in [0, 0.1) is 0 Å². The third-order valence-corrected chi connectivity index (χ3v) is 2.48. The summed E-state index contributed by atoms with van der Waals surface area (Å²) in [6, 6.07) is 8.46. The molecule has 1 aromatic rings. The summed E-state index contributed by atoms with van der Waals surface area (Å²) < 4.78 is 0. The summed E-state index contributed by atoms with van der Waals surface area (Å²) in [4.78, 5) is 10.1. The highest BCUT2D eigenvalue weighted by molar-refractivity contribution is 5.46. The number of hydrogen-bond acceptors (Lipinski definition) is 1. The predicted molar refractivity (Wildman–Crippen MR) is 62.6 cm³/mol. The lowest BCUT2D eigenvalue weighted by Crippen LogP contribution is -2.09. The largest absolute Gasteiger partial charge is 0.355 e. The first-order valence-corrected chi connectivity index (χ1v) is 5.61. The van der Waals surface area contributed by atoms with E-state index in [-0.39, 0.29) is 0 Å². The molecule has 1 rings (SSSR count). The quantitative estimate of drug-likeness (QED) is 0.538. The molecule has 15 heavy (non-hydrogen) atoms. The number of nitrogens with one attached hydrogen (secondary N) is 1. The maximum Gasteiger partial charge on any atom is 0.207 e. The summed E-state index contributed by atoms with van der Waals surface area (Å²) in [7, 11) is 0. The molecule has 0 saturated carbocycles. The predicted octanol–water partition coefficient (Wildman–Crippen LogP) is 2.67. The molecule has 1 amide bonds. The Balaban J connectivity index is 2.38. The van der Waals surface area contributed by atoms with Gasteiger partial charge in [0.25, 0.3) is 0 Å². The van der Waals surface area contributed by atoms with Crippen LogP contribution in [0.5, 0.6) is 0 Å². The van der Waals surface area contributed by atoms with Gasteiger partial charge >= 0.3 is 0 Å². The molecule has 0 saturated heterocycles. The van der Waals surface area contributed by atoms with Gasteiger partial charge in [-0.25, -0.2) is 0 Å². The van der Waals surface area contributed by atoms with Gasteiger partial charge in [-0.2, -0.15) is 0 Å². The zero-order chi connectivity index (χ0) is 10.9. The average molecular weight is 205 g/mol. The van der Waals surface area contributed by atoms with Crippen molar-refractivity contribution in [3.63, 3.8) is 0 Å². The second kappa shape index (κ2) is 7.04. The highest BCUT2D eigenvalue weighted by Crippen LogP contribution is 2.08. The molecule has 82 valence electrons. The van der Waals surface area contributed by atoms with E-state index in [1.54, 1.807) is 0 Å². The van der Waals surface area contributed by atoms with E-state index >= 15 is 0 Å². The van der Waals surface area contributed by atoms with Crippen LogP contribution in [-0.4, -0.2) is 6.41 Å². The van der Waals surface area contributed by atoms with E-state index in [0.29, 0.717) is 6.54 Å². The molecular formula is C13H19NO. The first-order chi connectivity index (χ1) is 7.36. The van der Waals surface area contributed by atoms with Crippen LogP contribution in [0.1, 0.15) is 37.3 Å². The monoisotopic (exact) mass is 205 g/mol. The SMILES string of the molecule is CCCCCc1ccc(CNC=O)cc1. The van der Waals surface area contributed by atoms with Gasteiger partial charge in [-0.05, 0) is 24.0 Å². The molecule has 0 fully saturated rings. The summed E-state index contributed by atoms with van der Waals surface area (Å²) in [5.74, 6) is 0. The summed E-state index contributed by atoms with van der Waals surface area (Å²) in [6.07, 6.45) is 5.72. The molecule has 0 aliphatic rings. The minimum absolute atomic E-state index is 0.624. The topological polar surface area (TPSA) is 29.1 Å². The van der Waals surface area contributed by atoms with Crippen molar-refractivity contribution in [3.05, 3.63) is 35.4 Å². The van der Waals surface area contributed by atoms with E-state index in [0.717, 1.165) is 18.4 Å². The van der Waals surface area contributed by atoms with Crippen LogP contribution in [0.4, 0.5) is 0 Å². The third-order valence-electron chi connectivity index (χ3n) is 2.48. The van der Waals surface area contributed by atoms with Crippen LogP contribution < -0.4 is 5.32 Å². The number of rotatable bonds is 7. The highest BCUT2D eigenvalue weighted by Gasteiger charge is 1.94. The molecule has 0 spiro atoms. The highest BCUT2D eigenvalue weighted by atomic mass is 16.1. The van der Waals surface area contributed by atoms with Crippen LogP contribution in [0.15, 0.2) is 24.3 Å². The lowest BCUT2D eigenvalue weighted by atomic mass is 10.1. The van der Waals surface area contributed by atoms with Gasteiger partial charge < -0.3 is 5.32 Å². The molecule has 0 unspecified atom stereocenters. The summed E-state index contributed by atoms with van der Waals surface area (Å²) in [6.45, 7) is 2.84. The van der Waals surface area contributed by atoms with Gasteiger partial charge in [0.15, 0.2) is 0 Å². The van der Waals surface area contributed by atoms with Crippen molar-refractivity contribution in [2.75, 3.05) is 0 Å². The minimum atomic E-state index is 0.624. The Kier molecular flexibility index (Phi) is 5.52. The first kappa shape index (κ1) is 11.8. The molecule has 2 nitrogen and oxygen atoms in total. The van der Waals surface area contributed by atoms with Crippen LogP contribution in [-0.2, 0) is 17.8 Å². The number of hydrogen-bond donors (Lipinski definition) is 1. The Labute approximate surface area is 91.7 Å². The molecular weight excluding hydrogens is 186 g/mol. The molecule has 1 N–H and O–H groups in total. The van der Waals surface area contributed by atoms with Gasteiger partial charge in [0.2, 0.25) is 6.41 Å². The smallest absolute Gasteiger partial charge is 0.207 e. The Morgan fingerprint density at radius 3 is 2.40 bits per heavy atom.